The van der Waals surface area contributed by atoms with Gasteiger partial charge >= 0.3 is 0 Å². The van der Waals surface area contributed by atoms with Crippen LogP contribution in [0.25, 0.3) is 10.9 Å². The number of amides is 1. The summed E-state index contributed by atoms with van der Waals surface area (Å²) in [5, 5.41) is 8.08. The van der Waals surface area contributed by atoms with Crippen molar-refractivity contribution in [1.29, 1.82) is 0 Å². The standard InChI is InChI=1S/C26H32N6O3/c1-25(2,3)22-13-16-12-18(5-6-19(16)32(22)11-8-23(27)30-31-28)29-24(33)26(9-10-26)17-4-7-20-21(14-17)35-15-34-20/h4-7,12-14,31H,8-11,15,28H2,1-3H3,(H2,27,30)(H,29,33). The Morgan fingerprint density at radius 2 is 1.89 bits per heavy atom. The Hall–Kier alpha value is -3.72. The topological polar surface area (TPSA) is 129 Å². The minimum Gasteiger partial charge on any atom is -0.454 e. The average molecular weight is 477 g/mol. The largest absolute Gasteiger partial charge is 0.454 e. The number of anilines is 1. The van der Waals surface area contributed by atoms with Gasteiger partial charge in [0.05, 0.1) is 5.41 Å². The summed E-state index contributed by atoms with van der Waals surface area (Å²) >= 11 is 0. The zero-order chi connectivity index (χ0) is 24.8. The Morgan fingerprint density at radius 3 is 2.60 bits per heavy atom. The molecule has 1 fully saturated rings. The number of carbonyl (C=O) groups is 1. The van der Waals surface area contributed by atoms with Gasteiger partial charge in [-0.3, -0.25) is 4.79 Å². The predicted molar refractivity (Wildman–Crippen MR) is 136 cm³/mol. The fourth-order valence-electron chi connectivity index (χ4n) is 4.79. The van der Waals surface area contributed by atoms with Gasteiger partial charge in [-0.2, -0.15) is 5.10 Å². The SMILES string of the molecule is CC(C)(C)c1cc2cc(NC(=O)C3(c4ccc5c(c4)OCO5)CC3)ccc2n1CC/C(N)=N/NN. The van der Waals surface area contributed by atoms with E-state index in [1.165, 1.54) is 5.69 Å². The number of hydrogen-bond donors (Lipinski definition) is 4. The summed E-state index contributed by atoms with van der Waals surface area (Å²) in [6, 6.07) is 14.0. The minimum absolute atomic E-state index is 0.00413. The average Bonchev–Trinajstić information content (AvgIpc) is 3.34. The van der Waals surface area contributed by atoms with Crippen molar-refractivity contribution >= 4 is 28.3 Å². The van der Waals surface area contributed by atoms with Crippen LogP contribution in [-0.2, 0) is 22.2 Å². The Labute approximate surface area is 204 Å². The van der Waals surface area contributed by atoms with Crippen LogP contribution in [0.2, 0.25) is 0 Å². The number of hydrazine groups is 1. The number of nitrogens with one attached hydrogen (secondary N) is 2. The van der Waals surface area contributed by atoms with Gasteiger partial charge in [0.15, 0.2) is 11.5 Å². The summed E-state index contributed by atoms with van der Waals surface area (Å²) in [4.78, 5) is 13.4. The van der Waals surface area contributed by atoms with Crippen LogP contribution in [0.1, 0.15) is 51.3 Å². The number of benzene rings is 2. The lowest BCUT2D eigenvalue weighted by molar-refractivity contribution is -0.118. The summed E-state index contributed by atoms with van der Waals surface area (Å²) < 4.78 is 13.2. The molecule has 9 heteroatoms. The lowest BCUT2D eigenvalue weighted by Gasteiger charge is -2.22. The van der Waals surface area contributed by atoms with Crippen molar-refractivity contribution in [3.8, 4) is 11.5 Å². The van der Waals surface area contributed by atoms with Crippen molar-refractivity contribution in [2.75, 3.05) is 12.1 Å². The number of fused-ring (bicyclic) bond motifs is 2. The fraction of sp³-hybridized carbons (Fsp3) is 0.385. The van der Waals surface area contributed by atoms with E-state index >= 15 is 0 Å². The monoisotopic (exact) mass is 476 g/mol. The number of carbonyl (C=O) groups excluding carboxylic acids is 1. The van der Waals surface area contributed by atoms with Gasteiger partial charge in [-0.25, -0.2) is 11.4 Å². The molecule has 184 valence electrons. The number of nitrogens with zero attached hydrogens (tertiary/aromatic N) is 2. The molecule has 35 heavy (non-hydrogen) atoms. The first-order chi connectivity index (χ1) is 16.7. The summed E-state index contributed by atoms with van der Waals surface area (Å²) in [7, 11) is 0. The van der Waals surface area contributed by atoms with E-state index in [0.29, 0.717) is 24.6 Å². The summed E-state index contributed by atoms with van der Waals surface area (Å²) in [6.07, 6.45) is 2.19. The van der Waals surface area contributed by atoms with Gasteiger partial charge in [-0.05, 0) is 54.8 Å². The molecule has 1 aromatic heterocycles. The maximum Gasteiger partial charge on any atom is 0.235 e. The third-order valence-electron chi connectivity index (χ3n) is 6.84. The molecular formula is C26H32N6O3. The minimum atomic E-state index is -0.522. The van der Waals surface area contributed by atoms with Crippen LogP contribution in [0, 0.1) is 0 Å². The van der Waals surface area contributed by atoms with Gasteiger partial charge in [0.1, 0.15) is 5.84 Å². The van der Waals surface area contributed by atoms with Crippen LogP contribution in [0.15, 0.2) is 47.6 Å². The van der Waals surface area contributed by atoms with Crippen LogP contribution in [0.5, 0.6) is 11.5 Å². The van der Waals surface area contributed by atoms with Gasteiger partial charge in [0.2, 0.25) is 12.7 Å². The van der Waals surface area contributed by atoms with E-state index in [2.05, 4.69) is 53.4 Å². The molecule has 2 aliphatic rings. The second-order valence-electron chi connectivity index (χ2n) is 10.3. The van der Waals surface area contributed by atoms with Crippen LogP contribution in [-0.4, -0.2) is 23.1 Å². The molecule has 1 amide bonds. The molecule has 2 aromatic carbocycles. The second-order valence-corrected chi connectivity index (χ2v) is 10.3. The van der Waals surface area contributed by atoms with E-state index in [0.717, 1.165) is 40.7 Å². The second kappa shape index (κ2) is 8.49. The van der Waals surface area contributed by atoms with Crippen molar-refractivity contribution in [2.24, 2.45) is 16.7 Å². The molecule has 0 atom stereocenters. The normalized spacial score (nSPS) is 16.4. The number of nitrogens with two attached hydrogens (primary N) is 2. The molecular weight excluding hydrogens is 444 g/mol. The summed E-state index contributed by atoms with van der Waals surface area (Å²) in [5.41, 5.74) is 11.6. The van der Waals surface area contributed by atoms with Gasteiger partial charge in [0.25, 0.3) is 0 Å². The molecule has 9 nitrogen and oxygen atoms in total. The highest BCUT2D eigenvalue weighted by Gasteiger charge is 2.51. The van der Waals surface area contributed by atoms with E-state index in [4.69, 9.17) is 21.1 Å². The summed E-state index contributed by atoms with van der Waals surface area (Å²) in [5.74, 6) is 7.12. The van der Waals surface area contributed by atoms with Gasteiger partial charge < -0.3 is 25.1 Å². The number of aromatic nitrogens is 1. The lowest BCUT2D eigenvalue weighted by Crippen LogP contribution is -2.27. The smallest absolute Gasteiger partial charge is 0.235 e. The van der Waals surface area contributed by atoms with Crippen LogP contribution in [0.3, 0.4) is 0 Å². The number of aryl methyl sites for hydroxylation is 1. The van der Waals surface area contributed by atoms with Crippen molar-refractivity contribution in [3.05, 3.63) is 53.7 Å². The van der Waals surface area contributed by atoms with E-state index in [1.807, 2.05) is 30.3 Å². The van der Waals surface area contributed by atoms with Crippen molar-refractivity contribution in [1.82, 2.24) is 10.1 Å². The third kappa shape index (κ3) is 4.27. The van der Waals surface area contributed by atoms with Crippen LogP contribution < -0.4 is 31.9 Å². The molecule has 0 saturated heterocycles. The number of rotatable bonds is 7. The Balaban J connectivity index is 1.40. The van der Waals surface area contributed by atoms with Crippen molar-refractivity contribution in [3.63, 3.8) is 0 Å². The number of hydrogen-bond acceptors (Lipinski definition) is 6. The Bertz CT molecular complexity index is 1320. The van der Waals surface area contributed by atoms with Crippen molar-refractivity contribution < 1.29 is 14.3 Å². The van der Waals surface area contributed by atoms with Crippen LogP contribution in [0.4, 0.5) is 5.69 Å². The Morgan fingerprint density at radius 1 is 1.11 bits per heavy atom. The van der Waals surface area contributed by atoms with E-state index in [1.54, 1.807) is 0 Å². The molecule has 3 aromatic rings. The molecule has 1 aliphatic heterocycles. The molecule has 6 N–H and O–H groups in total. The summed E-state index contributed by atoms with van der Waals surface area (Å²) in [6.45, 7) is 7.44. The highest BCUT2D eigenvalue weighted by atomic mass is 16.7. The Kier molecular flexibility index (Phi) is 5.59. The lowest BCUT2D eigenvalue weighted by atomic mass is 9.92. The molecule has 5 rings (SSSR count). The first-order valence-corrected chi connectivity index (χ1v) is 11.8. The predicted octanol–water partition coefficient (Wildman–Crippen LogP) is 3.46. The van der Waals surface area contributed by atoms with Crippen LogP contribution >= 0.6 is 0 Å². The molecule has 1 aliphatic carbocycles. The number of hydrazone groups is 1. The first kappa shape index (κ1) is 23.0. The first-order valence-electron chi connectivity index (χ1n) is 11.8. The van der Waals surface area contributed by atoms with Gasteiger partial charge in [-0.1, -0.05) is 26.8 Å². The quantitative estimate of drug-likeness (QED) is 0.179. The molecule has 0 spiro atoms. The van der Waals surface area contributed by atoms with E-state index in [9.17, 15) is 4.79 Å². The maximum absolute atomic E-state index is 13.4. The van der Waals surface area contributed by atoms with E-state index < -0.39 is 5.41 Å². The molecule has 1 saturated carbocycles. The third-order valence-corrected chi connectivity index (χ3v) is 6.84. The number of amidine groups is 1. The van der Waals surface area contributed by atoms with Gasteiger partial charge in [-0.15, -0.1) is 0 Å². The highest BCUT2D eigenvalue weighted by Crippen LogP contribution is 2.51. The fourth-order valence-corrected chi connectivity index (χ4v) is 4.79. The molecule has 0 bridgehead atoms. The molecule has 2 heterocycles. The molecule has 0 radical (unpaired) electrons. The maximum atomic E-state index is 13.4. The number of ether oxygens (including phenoxy) is 2. The molecule has 0 unspecified atom stereocenters. The zero-order valence-electron chi connectivity index (χ0n) is 20.4. The zero-order valence-corrected chi connectivity index (χ0v) is 20.4. The highest BCUT2D eigenvalue weighted by molar-refractivity contribution is 6.02. The van der Waals surface area contributed by atoms with Gasteiger partial charge in [0, 0.05) is 40.7 Å². The van der Waals surface area contributed by atoms with E-state index in [-0.39, 0.29) is 18.1 Å². The van der Waals surface area contributed by atoms with Crippen molar-refractivity contribution in [2.45, 2.75) is 57.4 Å².